The third kappa shape index (κ3) is 5.56. The minimum atomic E-state index is -3.89. The van der Waals surface area contributed by atoms with Crippen molar-refractivity contribution in [1.29, 1.82) is 0 Å². The Bertz CT molecular complexity index is 880. The number of anilines is 1. The molecule has 7 heteroatoms. The van der Waals surface area contributed by atoms with Crippen molar-refractivity contribution in [2.24, 2.45) is 0 Å². The second-order valence-electron chi connectivity index (χ2n) is 6.50. The van der Waals surface area contributed by atoms with E-state index in [0.29, 0.717) is 31.7 Å². The molecule has 0 unspecified atom stereocenters. The van der Waals surface area contributed by atoms with E-state index in [-0.39, 0.29) is 17.3 Å². The van der Waals surface area contributed by atoms with Gasteiger partial charge in [0, 0.05) is 20.3 Å². The third-order valence-electron chi connectivity index (χ3n) is 4.38. The highest BCUT2D eigenvalue weighted by Crippen LogP contribution is 2.27. The molecule has 2 aromatic carbocycles. The summed E-state index contributed by atoms with van der Waals surface area (Å²) in [6, 6.07) is 13.9. The molecule has 0 saturated heterocycles. The summed E-state index contributed by atoms with van der Waals surface area (Å²) in [4.78, 5) is 12.6. The van der Waals surface area contributed by atoms with E-state index < -0.39 is 10.0 Å². The number of amides is 1. The average molecular weight is 405 g/mol. The zero-order valence-corrected chi connectivity index (χ0v) is 17.5. The van der Waals surface area contributed by atoms with Crippen molar-refractivity contribution >= 4 is 21.6 Å². The zero-order chi connectivity index (χ0) is 20.6. The number of methoxy groups -OCH3 is 1. The quantitative estimate of drug-likeness (QED) is 0.618. The predicted octanol–water partition coefficient (Wildman–Crippen LogP) is 2.91. The van der Waals surface area contributed by atoms with Crippen LogP contribution in [0.1, 0.15) is 24.5 Å². The lowest BCUT2D eigenvalue weighted by Gasteiger charge is -2.26. The van der Waals surface area contributed by atoms with Crippen LogP contribution in [0.2, 0.25) is 0 Å². The maximum Gasteiger partial charge on any atom is 0.264 e. The molecule has 0 aliphatic rings. The zero-order valence-electron chi connectivity index (χ0n) is 16.6. The molecule has 1 amide bonds. The van der Waals surface area contributed by atoms with Gasteiger partial charge in [-0.1, -0.05) is 42.8 Å². The van der Waals surface area contributed by atoms with Crippen molar-refractivity contribution in [3.05, 3.63) is 59.7 Å². The highest BCUT2D eigenvalue weighted by molar-refractivity contribution is 7.92. The smallest absolute Gasteiger partial charge is 0.264 e. The van der Waals surface area contributed by atoms with Gasteiger partial charge in [-0.15, -0.1) is 0 Å². The number of carbonyl (C=O) groups excluding carboxylic acids is 1. The Hall–Kier alpha value is -2.38. The van der Waals surface area contributed by atoms with Gasteiger partial charge in [0.2, 0.25) is 5.91 Å². The molecular weight excluding hydrogens is 376 g/mol. The Morgan fingerprint density at radius 2 is 1.79 bits per heavy atom. The lowest BCUT2D eigenvalue weighted by molar-refractivity contribution is -0.119. The molecule has 0 spiro atoms. The summed E-state index contributed by atoms with van der Waals surface area (Å²) in [5.74, 6) is -0.349. The van der Waals surface area contributed by atoms with Crippen molar-refractivity contribution in [3.63, 3.8) is 0 Å². The van der Waals surface area contributed by atoms with Crippen molar-refractivity contribution in [3.8, 4) is 0 Å². The molecule has 2 rings (SSSR count). The fourth-order valence-electron chi connectivity index (χ4n) is 2.82. The summed E-state index contributed by atoms with van der Waals surface area (Å²) in [6.45, 7) is 4.54. The van der Waals surface area contributed by atoms with Gasteiger partial charge in [-0.05, 0) is 43.5 Å². The minimum Gasteiger partial charge on any atom is -0.385 e. The molecule has 0 aromatic heterocycles. The number of benzene rings is 2. The Kier molecular flexibility index (Phi) is 8.02. The number of hydrogen-bond donors (Lipinski definition) is 1. The number of nitrogens with zero attached hydrogens (tertiary/aromatic N) is 1. The summed E-state index contributed by atoms with van der Waals surface area (Å²) < 4.78 is 32.9. The standard InChI is InChI=1S/C21H28N2O4S/c1-4-18-8-5-6-9-20(18)23(16-21(24)22-14-7-15-27-3)28(25,26)19-12-10-17(2)11-13-19/h5-6,8-13H,4,7,14-16H2,1-3H3,(H,22,24). The SMILES string of the molecule is CCc1ccccc1N(CC(=O)NCCCOC)S(=O)(=O)c1ccc(C)cc1. The Morgan fingerprint density at radius 1 is 1.11 bits per heavy atom. The van der Waals surface area contributed by atoms with Gasteiger partial charge in [0.25, 0.3) is 10.0 Å². The number of rotatable bonds is 10. The summed E-state index contributed by atoms with van der Waals surface area (Å²) in [5.41, 5.74) is 2.36. The van der Waals surface area contributed by atoms with E-state index >= 15 is 0 Å². The van der Waals surface area contributed by atoms with Crippen LogP contribution in [-0.2, 0) is 26.0 Å². The Morgan fingerprint density at radius 3 is 2.43 bits per heavy atom. The highest BCUT2D eigenvalue weighted by atomic mass is 32.2. The van der Waals surface area contributed by atoms with E-state index in [1.807, 2.05) is 26.0 Å². The summed E-state index contributed by atoms with van der Waals surface area (Å²) in [5, 5.41) is 2.76. The summed E-state index contributed by atoms with van der Waals surface area (Å²) in [6.07, 6.45) is 1.32. The van der Waals surface area contributed by atoms with Crippen LogP contribution in [0.5, 0.6) is 0 Å². The van der Waals surface area contributed by atoms with E-state index in [0.717, 1.165) is 11.1 Å². The van der Waals surface area contributed by atoms with Gasteiger partial charge < -0.3 is 10.1 Å². The van der Waals surface area contributed by atoms with Crippen LogP contribution in [0, 0.1) is 6.92 Å². The van der Waals surface area contributed by atoms with E-state index in [4.69, 9.17) is 4.74 Å². The van der Waals surface area contributed by atoms with E-state index in [2.05, 4.69) is 5.32 Å². The van der Waals surface area contributed by atoms with Crippen LogP contribution in [0.3, 0.4) is 0 Å². The lowest BCUT2D eigenvalue weighted by Crippen LogP contribution is -2.41. The Labute approximate surface area is 167 Å². The monoisotopic (exact) mass is 404 g/mol. The van der Waals surface area contributed by atoms with Gasteiger partial charge in [0.1, 0.15) is 6.54 Å². The van der Waals surface area contributed by atoms with Crippen LogP contribution >= 0.6 is 0 Å². The van der Waals surface area contributed by atoms with Crippen molar-refractivity contribution in [1.82, 2.24) is 5.32 Å². The van der Waals surface area contributed by atoms with Crippen molar-refractivity contribution in [2.45, 2.75) is 31.6 Å². The predicted molar refractivity (Wildman–Crippen MR) is 111 cm³/mol. The molecule has 0 atom stereocenters. The summed E-state index contributed by atoms with van der Waals surface area (Å²) >= 11 is 0. The fraction of sp³-hybridized carbons (Fsp3) is 0.381. The molecule has 0 aliphatic carbocycles. The minimum absolute atomic E-state index is 0.163. The van der Waals surface area contributed by atoms with Crippen LogP contribution < -0.4 is 9.62 Å². The molecule has 1 N–H and O–H groups in total. The van der Waals surface area contributed by atoms with Crippen LogP contribution in [0.15, 0.2) is 53.4 Å². The van der Waals surface area contributed by atoms with E-state index in [1.54, 1.807) is 43.5 Å². The van der Waals surface area contributed by atoms with Crippen molar-refractivity contribution < 1.29 is 17.9 Å². The molecule has 0 fully saturated rings. The average Bonchev–Trinajstić information content (AvgIpc) is 2.69. The lowest BCUT2D eigenvalue weighted by atomic mass is 10.1. The number of ether oxygens (including phenoxy) is 1. The first kappa shape index (κ1) is 21.9. The normalized spacial score (nSPS) is 11.2. The molecule has 28 heavy (non-hydrogen) atoms. The first-order chi connectivity index (χ1) is 13.4. The van der Waals surface area contributed by atoms with Gasteiger partial charge in [0.05, 0.1) is 10.6 Å². The summed E-state index contributed by atoms with van der Waals surface area (Å²) in [7, 11) is -2.29. The third-order valence-corrected chi connectivity index (χ3v) is 6.16. The van der Waals surface area contributed by atoms with Gasteiger partial charge in [-0.3, -0.25) is 9.10 Å². The van der Waals surface area contributed by atoms with E-state index in [1.165, 1.54) is 4.31 Å². The van der Waals surface area contributed by atoms with Crippen LogP contribution in [-0.4, -0.2) is 41.1 Å². The van der Waals surface area contributed by atoms with Crippen LogP contribution in [0.25, 0.3) is 0 Å². The maximum absolute atomic E-state index is 13.3. The number of carbonyl (C=O) groups is 1. The van der Waals surface area contributed by atoms with Gasteiger partial charge in [-0.2, -0.15) is 0 Å². The number of para-hydroxylation sites is 1. The number of aryl methyl sites for hydroxylation is 2. The van der Waals surface area contributed by atoms with Gasteiger partial charge in [0.15, 0.2) is 0 Å². The molecule has 0 bridgehead atoms. The van der Waals surface area contributed by atoms with E-state index in [9.17, 15) is 13.2 Å². The first-order valence-electron chi connectivity index (χ1n) is 9.33. The van der Waals surface area contributed by atoms with Crippen LogP contribution in [0.4, 0.5) is 5.69 Å². The van der Waals surface area contributed by atoms with Gasteiger partial charge in [-0.25, -0.2) is 8.42 Å². The fourth-order valence-corrected chi connectivity index (χ4v) is 4.28. The maximum atomic E-state index is 13.3. The largest absolute Gasteiger partial charge is 0.385 e. The molecular formula is C21H28N2O4S. The molecule has 0 radical (unpaired) electrons. The second-order valence-corrected chi connectivity index (χ2v) is 8.37. The Balaban J connectivity index is 2.36. The number of hydrogen-bond acceptors (Lipinski definition) is 4. The van der Waals surface area contributed by atoms with Gasteiger partial charge >= 0.3 is 0 Å². The molecule has 0 heterocycles. The molecule has 152 valence electrons. The van der Waals surface area contributed by atoms with Crippen molar-refractivity contribution in [2.75, 3.05) is 31.1 Å². The molecule has 0 aliphatic heterocycles. The number of nitrogens with one attached hydrogen (secondary N) is 1. The highest BCUT2D eigenvalue weighted by Gasteiger charge is 2.28. The molecule has 2 aromatic rings. The second kappa shape index (κ2) is 10.2. The topological polar surface area (TPSA) is 75.7 Å². The first-order valence-corrected chi connectivity index (χ1v) is 10.8. The molecule has 0 saturated carbocycles. The molecule has 6 nitrogen and oxygen atoms in total. The number of sulfonamides is 1.